The molecule has 34 heavy (non-hydrogen) atoms. The Morgan fingerprint density at radius 2 is 2.03 bits per heavy atom. The van der Waals surface area contributed by atoms with Gasteiger partial charge in [0, 0.05) is 48.6 Å². The van der Waals surface area contributed by atoms with Crippen LogP contribution in [0.3, 0.4) is 0 Å². The zero-order valence-electron chi connectivity index (χ0n) is 19.4. The first-order valence-corrected chi connectivity index (χ1v) is 11.4. The summed E-state index contributed by atoms with van der Waals surface area (Å²) >= 11 is 0. The van der Waals surface area contributed by atoms with E-state index in [9.17, 15) is 0 Å². The van der Waals surface area contributed by atoms with Crippen molar-refractivity contribution in [1.29, 1.82) is 0 Å². The number of nitrogens with one attached hydrogen (secondary N) is 3. The number of benzene rings is 1. The topological polar surface area (TPSA) is 106 Å². The molecule has 9 nitrogen and oxygen atoms in total. The molecule has 1 aliphatic rings. The van der Waals surface area contributed by atoms with E-state index in [1.54, 1.807) is 12.4 Å². The summed E-state index contributed by atoms with van der Waals surface area (Å²) in [4.78, 5) is 22.2. The fraction of sp³-hybridized carbons (Fsp3) is 0.280. The molecule has 1 aliphatic heterocycles. The van der Waals surface area contributed by atoms with E-state index in [0.29, 0.717) is 36.3 Å². The van der Waals surface area contributed by atoms with E-state index in [-0.39, 0.29) is 5.54 Å². The van der Waals surface area contributed by atoms with Crippen LogP contribution >= 0.6 is 0 Å². The van der Waals surface area contributed by atoms with Crippen LogP contribution in [0.25, 0.3) is 33.5 Å². The van der Waals surface area contributed by atoms with Gasteiger partial charge in [0.05, 0.1) is 11.2 Å². The lowest BCUT2D eigenvalue weighted by atomic mass is 10.1. The third-order valence-electron chi connectivity index (χ3n) is 6.28. The standard InChI is InChI=1S/C25H26N8O/c1-25(2)14-34-24-30-20-22(28-9-8-15-12-29-19-7-5-4-6-18(15)19)31-21(32-23(20)33(24)25)16-10-17(26-3)13-27-11-16/h4-7,10-13,26,29H,8-9,14H2,1-3H3,(H,28,31,32). The Morgan fingerprint density at radius 1 is 1.15 bits per heavy atom. The number of imidazole rings is 1. The van der Waals surface area contributed by atoms with Crippen LogP contribution in [0.5, 0.6) is 6.01 Å². The first-order chi connectivity index (χ1) is 16.5. The van der Waals surface area contributed by atoms with Crippen molar-refractivity contribution in [1.82, 2.24) is 29.5 Å². The number of fused-ring (bicyclic) bond motifs is 4. The molecule has 6 rings (SSSR count). The highest BCUT2D eigenvalue weighted by molar-refractivity contribution is 5.87. The molecule has 0 atom stereocenters. The van der Waals surface area contributed by atoms with Gasteiger partial charge in [-0.3, -0.25) is 9.55 Å². The van der Waals surface area contributed by atoms with Crippen molar-refractivity contribution in [3.63, 3.8) is 0 Å². The molecule has 3 N–H and O–H groups in total. The molecule has 0 saturated carbocycles. The predicted octanol–water partition coefficient (Wildman–Crippen LogP) is 4.19. The van der Waals surface area contributed by atoms with Gasteiger partial charge in [0.15, 0.2) is 22.8 Å². The summed E-state index contributed by atoms with van der Waals surface area (Å²) in [6.07, 6.45) is 6.47. The van der Waals surface area contributed by atoms with Gasteiger partial charge in [0.2, 0.25) is 0 Å². The Balaban J connectivity index is 1.39. The molecule has 0 radical (unpaired) electrons. The molecule has 0 fully saturated rings. The number of aromatic amines is 1. The van der Waals surface area contributed by atoms with Crippen LogP contribution in [0.4, 0.5) is 11.5 Å². The smallest absolute Gasteiger partial charge is 0.299 e. The number of ether oxygens (including phenoxy) is 1. The van der Waals surface area contributed by atoms with Gasteiger partial charge in [-0.15, -0.1) is 0 Å². The van der Waals surface area contributed by atoms with Crippen molar-refractivity contribution in [2.24, 2.45) is 0 Å². The van der Waals surface area contributed by atoms with Gasteiger partial charge in [-0.1, -0.05) is 18.2 Å². The minimum atomic E-state index is -0.248. The number of hydrogen-bond acceptors (Lipinski definition) is 7. The first-order valence-electron chi connectivity index (χ1n) is 11.4. The average molecular weight is 455 g/mol. The highest BCUT2D eigenvalue weighted by atomic mass is 16.5. The zero-order valence-corrected chi connectivity index (χ0v) is 19.4. The summed E-state index contributed by atoms with van der Waals surface area (Å²) < 4.78 is 7.94. The van der Waals surface area contributed by atoms with Crippen LogP contribution in [0.1, 0.15) is 19.4 Å². The number of anilines is 2. The molecule has 0 amide bonds. The second-order valence-electron chi connectivity index (χ2n) is 9.15. The van der Waals surface area contributed by atoms with Gasteiger partial charge in [0.1, 0.15) is 6.61 Å². The normalized spacial score (nSPS) is 14.3. The molecule has 0 unspecified atom stereocenters. The SMILES string of the molecule is CNc1cncc(-c2nc(NCCc3c[nH]c4ccccc34)c3nc4n(c3n2)C(C)(C)CO4)c1. The maximum absolute atomic E-state index is 5.88. The van der Waals surface area contributed by atoms with E-state index in [0.717, 1.165) is 28.8 Å². The Bertz CT molecular complexity index is 1520. The van der Waals surface area contributed by atoms with Gasteiger partial charge in [0.25, 0.3) is 6.01 Å². The van der Waals surface area contributed by atoms with Crippen LogP contribution in [-0.2, 0) is 12.0 Å². The van der Waals surface area contributed by atoms with Crippen LogP contribution in [0.2, 0.25) is 0 Å². The molecular formula is C25H26N8O. The lowest BCUT2D eigenvalue weighted by Gasteiger charge is -2.18. The molecule has 9 heteroatoms. The molecule has 4 aromatic heterocycles. The van der Waals surface area contributed by atoms with E-state index in [4.69, 9.17) is 19.7 Å². The van der Waals surface area contributed by atoms with Crippen LogP contribution < -0.4 is 15.4 Å². The number of rotatable bonds is 6. The molecule has 0 saturated heterocycles. The fourth-order valence-corrected chi connectivity index (χ4v) is 4.49. The van der Waals surface area contributed by atoms with Gasteiger partial charge in [-0.2, -0.15) is 4.98 Å². The highest BCUT2D eigenvalue weighted by Crippen LogP contribution is 2.37. The Kier molecular flexibility index (Phi) is 4.65. The van der Waals surface area contributed by atoms with Gasteiger partial charge < -0.3 is 20.4 Å². The quantitative estimate of drug-likeness (QED) is 0.353. The number of para-hydroxylation sites is 1. The van der Waals surface area contributed by atoms with Gasteiger partial charge >= 0.3 is 0 Å². The second kappa shape index (κ2) is 7.72. The number of H-pyrrole nitrogens is 1. The van der Waals surface area contributed by atoms with Crippen LogP contribution in [-0.4, -0.2) is 49.7 Å². The molecule has 0 aliphatic carbocycles. The largest absolute Gasteiger partial charge is 0.462 e. The summed E-state index contributed by atoms with van der Waals surface area (Å²) in [6.45, 7) is 5.51. The first kappa shape index (κ1) is 20.5. The zero-order chi connectivity index (χ0) is 23.3. The van der Waals surface area contributed by atoms with Crippen LogP contribution in [0, 0.1) is 0 Å². The van der Waals surface area contributed by atoms with Gasteiger partial charge in [-0.25, -0.2) is 9.97 Å². The molecule has 0 bridgehead atoms. The Hall–Kier alpha value is -4.14. The fourth-order valence-electron chi connectivity index (χ4n) is 4.49. The van der Waals surface area contributed by atoms with E-state index in [1.165, 1.54) is 10.9 Å². The maximum atomic E-state index is 5.88. The minimum absolute atomic E-state index is 0.248. The van der Waals surface area contributed by atoms with E-state index >= 15 is 0 Å². The molecular weight excluding hydrogens is 428 g/mol. The molecule has 0 spiro atoms. The molecule has 1 aromatic carbocycles. The van der Waals surface area contributed by atoms with Crippen molar-refractivity contribution in [3.8, 4) is 17.4 Å². The van der Waals surface area contributed by atoms with Crippen molar-refractivity contribution in [2.75, 3.05) is 30.8 Å². The summed E-state index contributed by atoms with van der Waals surface area (Å²) in [5.74, 6) is 1.29. The number of aromatic nitrogens is 6. The van der Waals surface area contributed by atoms with Gasteiger partial charge in [-0.05, 0) is 38.0 Å². The maximum Gasteiger partial charge on any atom is 0.299 e. The van der Waals surface area contributed by atoms with E-state index in [1.807, 2.05) is 19.2 Å². The van der Waals surface area contributed by atoms with E-state index in [2.05, 4.69) is 63.4 Å². The minimum Gasteiger partial charge on any atom is -0.462 e. The molecule has 5 heterocycles. The number of nitrogens with zero attached hydrogens (tertiary/aromatic N) is 5. The summed E-state index contributed by atoms with van der Waals surface area (Å²) in [5, 5.41) is 7.88. The molecule has 172 valence electrons. The van der Waals surface area contributed by atoms with E-state index < -0.39 is 0 Å². The number of hydrogen-bond donors (Lipinski definition) is 3. The van der Waals surface area contributed by atoms with Crippen molar-refractivity contribution in [2.45, 2.75) is 25.8 Å². The third-order valence-corrected chi connectivity index (χ3v) is 6.28. The number of pyridine rings is 1. The predicted molar refractivity (Wildman–Crippen MR) is 133 cm³/mol. The van der Waals surface area contributed by atoms with Crippen molar-refractivity contribution in [3.05, 3.63) is 54.5 Å². The lowest BCUT2D eigenvalue weighted by Crippen LogP contribution is -2.25. The van der Waals surface area contributed by atoms with Crippen molar-refractivity contribution < 1.29 is 4.74 Å². The highest BCUT2D eigenvalue weighted by Gasteiger charge is 2.36. The monoisotopic (exact) mass is 454 g/mol. The summed E-state index contributed by atoms with van der Waals surface area (Å²) in [7, 11) is 1.87. The Labute approximate surface area is 196 Å². The summed E-state index contributed by atoms with van der Waals surface area (Å²) in [6, 6.07) is 10.9. The third kappa shape index (κ3) is 3.32. The molecule has 5 aromatic rings. The second-order valence-corrected chi connectivity index (χ2v) is 9.15. The summed E-state index contributed by atoms with van der Waals surface area (Å²) in [5.41, 5.74) is 5.36. The lowest BCUT2D eigenvalue weighted by molar-refractivity contribution is 0.268. The Morgan fingerprint density at radius 3 is 2.91 bits per heavy atom. The van der Waals surface area contributed by atoms with Crippen LogP contribution in [0.15, 0.2) is 48.9 Å². The van der Waals surface area contributed by atoms with Crippen molar-refractivity contribution >= 4 is 33.6 Å². The average Bonchev–Trinajstić information content (AvgIpc) is 3.52.